The number of rotatable bonds is 3. The Morgan fingerprint density at radius 3 is 2.76 bits per heavy atom. The summed E-state index contributed by atoms with van der Waals surface area (Å²) in [6.45, 7) is 2.54. The van der Waals surface area contributed by atoms with Crippen LogP contribution in [0, 0.1) is 5.82 Å². The Hall–Kier alpha value is -2.01. The number of piperidine rings is 1. The van der Waals surface area contributed by atoms with Crippen LogP contribution in [0.4, 0.5) is 4.39 Å². The highest BCUT2D eigenvalue weighted by Crippen LogP contribution is 2.22. The number of pyridine rings is 1. The van der Waals surface area contributed by atoms with Crippen LogP contribution >= 0.6 is 0 Å². The van der Waals surface area contributed by atoms with Crippen LogP contribution in [-0.2, 0) is 6.54 Å². The normalized spacial score (nSPS) is 16.2. The largest absolute Gasteiger partial charge is 0.478 e. The van der Waals surface area contributed by atoms with Gasteiger partial charge in [0.15, 0.2) is 0 Å². The lowest BCUT2D eigenvalue weighted by Gasteiger charge is -2.26. The standard InChI is InChI=1S/C16H17FN2O2/c17-14-6-4-5-12-13(16(20)21)9-11(18-15(12)14)10-19-7-2-1-3-8-19/h4-6,9H,1-3,7-8,10H2,(H,20,21). The Morgan fingerprint density at radius 2 is 2.05 bits per heavy atom. The zero-order valence-electron chi connectivity index (χ0n) is 11.7. The molecule has 1 aliphatic rings. The van der Waals surface area contributed by atoms with E-state index in [1.165, 1.54) is 18.6 Å². The van der Waals surface area contributed by atoms with Gasteiger partial charge in [-0.15, -0.1) is 0 Å². The fourth-order valence-corrected chi connectivity index (χ4v) is 2.87. The molecular weight excluding hydrogens is 271 g/mol. The van der Waals surface area contributed by atoms with E-state index >= 15 is 0 Å². The third kappa shape index (κ3) is 2.88. The summed E-state index contributed by atoms with van der Waals surface area (Å²) in [5.41, 5.74) is 0.878. The number of nitrogens with zero attached hydrogens (tertiary/aromatic N) is 2. The first kappa shape index (κ1) is 13.9. The van der Waals surface area contributed by atoms with Gasteiger partial charge in [-0.25, -0.2) is 14.2 Å². The van der Waals surface area contributed by atoms with Crippen LogP contribution in [0.15, 0.2) is 24.3 Å². The molecule has 0 saturated carbocycles. The van der Waals surface area contributed by atoms with Gasteiger partial charge in [0.2, 0.25) is 0 Å². The Balaban J connectivity index is 2.02. The van der Waals surface area contributed by atoms with E-state index in [4.69, 9.17) is 0 Å². The first-order chi connectivity index (χ1) is 10.1. The molecule has 0 spiro atoms. The highest BCUT2D eigenvalue weighted by Gasteiger charge is 2.17. The maximum absolute atomic E-state index is 13.9. The molecule has 1 N–H and O–H groups in total. The number of halogens is 1. The van der Waals surface area contributed by atoms with Gasteiger partial charge < -0.3 is 5.11 Å². The molecule has 5 heteroatoms. The van der Waals surface area contributed by atoms with Crippen molar-refractivity contribution < 1.29 is 14.3 Å². The van der Waals surface area contributed by atoms with Crippen LogP contribution in [0.1, 0.15) is 35.3 Å². The van der Waals surface area contributed by atoms with Gasteiger partial charge in [-0.05, 0) is 38.1 Å². The molecule has 0 radical (unpaired) electrons. The maximum Gasteiger partial charge on any atom is 0.336 e. The number of aromatic carboxylic acids is 1. The molecule has 0 bridgehead atoms. The first-order valence-corrected chi connectivity index (χ1v) is 7.19. The van der Waals surface area contributed by atoms with Crippen molar-refractivity contribution in [1.82, 2.24) is 9.88 Å². The van der Waals surface area contributed by atoms with Gasteiger partial charge in [0.05, 0.1) is 11.3 Å². The van der Waals surface area contributed by atoms with Gasteiger partial charge in [0.25, 0.3) is 0 Å². The molecule has 0 unspecified atom stereocenters. The van der Waals surface area contributed by atoms with Crippen molar-refractivity contribution in [2.75, 3.05) is 13.1 Å². The van der Waals surface area contributed by atoms with Crippen LogP contribution in [0.25, 0.3) is 10.9 Å². The fourth-order valence-electron chi connectivity index (χ4n) is 2.87. The summed E-state index contributed by atoms with van der Waals surface area (Å²) in [6.07, 6.45) is 3.53. The van der Waals surface area contributed by atoms with E-state index in [1.807, 2.05) is 0 Å². The lowest BCUT2D eigenvalue weighted by Crippen LogP contribution is -2.29. The minimum absolute atomic E-state index is 0.117. The van der Waals surface area contributed by atoms with E-state index < -0.39 is 11.8 Å². The number of likely N-dealkylation sites (tertiary alicyclic amines) is 1. The van der Waals surface area contributed by atoms with Crippen LogP contribution in [0.5, 0.6) is 0 Å². The number of carbonyl (C=O) groups is 1. The Labute approximate surface area is 122 Å². The van der Waals surface area contributed by atoms with Gasteiger partial charge in [-0.1, -0.05) is 18.6 Å². The number of para-hydroxylation sites is 1. The number of carboxylic acids is 1. The predicted octanol–water partition coefficient (Wildman–Crippen LogP) is 3.06. The molecule has 2 aromatic rings. The van der Waals surface area contributed by atoms with Crippen molar-refractivity contribution in [3.05, 3.63) is 41.3 Å². The molecule has 0 amide bonds. The van der Waals surface area contributed by atoms with E-state index in [9.17, 15) is 14.3 Å². The first-order valence-electron chi connectivity index (χ1n) is 7.19. The van der Waals surface area contributed by atoms with Crippen molar-refractivity contribution in [3.8, 4) is 0 Å². The zero-order chi connectivity index (χ0) is 14.8. The SMILES string of the molecule is O=C(O)c1cc(CN2CCCCC2)nc2c(F)cccc12. The van der Waals surface area contributed by atoms with Crippen LogP contribution in [0.2, 0.25) is 0 Å². The van der Waals surface area contributed by atoms with E-state index in [0.717, 1.165) is 25.9 Å². The molecule has 110 valence electrons. The predicted molar refractivity (Wildman–Crippen MR) is 77.8 cm³/mol. The smallest absolute Gasteiger partial charge is 0.336 e. The van der Waals surface area contributed by atoms with E-state index in [-0.39, 0.29) is 11.1 Å². The average Bonchev–Trinajstić information content (AvgIpc) is 2.48. The molecule has 1 fully saturated rings. The van der Waals surface area contributed by atoms with Gasteiger partial charge >= 0.3 is 5.97 Å². The van der Waals surface area contributed by atoms with Crippen LogP contribution < -0.4 is 0 Å². The molecule has 21 heavy (non-hydrogen) atoms. The minimum Gasteiger partial charge on any atom is -0.478 e. The second-order valence-electron chi connectivity index (χ2n) is 5.44. The lowest BCUT2D eigenvalue weighted by molar-refractivity contribution is 0.0698. The van der Waals surface area contributed by atoms with Gasteiger partial charge in [-0.2, -0.15) is 0 Å². The number of aromatic nitrogens is 1. The summed E-state index contributed by atoms with van der Waals surface area (Å²) < 4.78 is 13.9. The molecule has 1 aliphatic heterocycles. The Kier molecular flexibility index (Phi) is 3.84. The Bertz CT molecular complexity index is 681. The Morgan fingerprint density at radius 1 is 1.29 bits per heavy atom. The zero-order valence-corrected chi connectivity index (χ0v) is 11.7. The third-order valence-electron chi connectivity index (χ3n) is 3.91. The average molecular weight is 288 g/mol. The summed E-state index contributed by atoms with van der Waals surface area (Å²) in [5.74, 6) is -1.52. The van der Waals surface area contributed by atoms with E-state index in [0.29, 0.717) is 17.6 Å². The molecule has 1 aromatic carbocycles. The van der Waals surface area contributed by atoms with E-state index in [1.54, 1.807) is 12.1 Å². The van der Waals surface area contributed by atoms with Crippen LogP contribution in [-0.4, -0.2) is 34.0 Å². The summed E-state index contributed by atoms with van der Waals surface area (Å²) in [5, 5.41) is 9.69. The number of benzene rings is 1. The molecule has 3 rings (SSSR count). The number of hydrogen-bond donors (Lipinski definition) is 1. The van der Waals surface area contributed by atoms with Gasteiger partial charge in [0, 0.05) is 11.9 Å². The van der Waals surface area contributed by atoms with Crippen LogP contribution in [0.3, 0.4) is 0 Å². The van der Waals surface area contributed by atoms with E-state index in [2.05, 4.69) is 9.88 Å². The van der Waals surface area contributed by atoms with Crippen molar-refractivity contribution >= 4 is 16.9 Å². The van der Waals surface area contributed by atoms with Gasteiger partial charge in [-0.3, -0.25) is 4.90 Å². The highest BCUT2D eigenvalue weighted by molar-refractivity contribution is 6.02. The molecule has 1 saturated heterocycles. The number of fused-ring (bicyclic) bond motifs is 1. The highest BCUT2D eigenvalue weighted by atomic mass is 19.1. The number of hydrogen-bond acceptors (Lipinski definition) is 3. The second kappa shape index (κ2) is 5.77. The summed E-state index contributed by atoms with van der Waals surface area (Å²) in [4.78, 5) is 18.0. The summed E-state index contributed by atoms with van der Waals surface area (Å²) in [7, 11) is 0. The fraction of sp³-hybridized carbons (Fsp3) is 0.375. The molecule has 2 heterocycles. The van der Waals surface area contributed by atoms with Crippen molar-refractivity contribution in [3.63, 3.8) is 0 Å². The maximum atomic E-state index is 13.9. The van der Waals surface area contributed by atoms with Crippen molar-refractivity contribution in [2.45, 2.75) is 25.8 Å². The van der Waals surface area contributed by atoms with Crippen molar-refractivity contribution in [2.24, 2.45) is 0 Å². The molecule has 0 atom stereocenters. The van der Waals surface area contributed by atoms with Gasteiger partial charge in [0.1, 0.15) is 11.3 Å². The monoisotopic (exact) mass is 288 g/mol. The minimum atomic E-state index is -1.05. The molecule has 4 nitrogen and oxygen atoms in total. The second-order valence-corrected chi connectivity index (χ2v) is 5.44. The third-order valence-corrected chi connectivity index (χ3v) is 3.91. The lowest BCUT2D eigenvalue weighted by atomic mass is 10.1. The number of carboxylic acid groups (broad SMARTS) is 1. The quantitative estimate of drug-likeness (QED) is 0.943. The van der Waals surface area contributed by atoms with Crippen molar-refractivity contribution in [1.29, 1.82) is 0 Å². The molecule has 0 aliphatic carbocycles. The topological polar surface area (TPSA) is 53.4 Å². The summed E-state index contributed by atoms with van der Waals surface area (Å²) >= 11 is 0. The molecular formula is C16H17FN2O2. The molecule has 1 aromatic heterocycles. The summed E-state index contributed by atoms with van der Waals surface area (Å²) in [6, 6.07) is 5.99.